The highest BCUT2D eigenvalue weighted by Crippen LogP contribution is 2.23. The lowest BCUT2D eigenvalue weighted by molar-refractivity contribution is 0.284. The van der Waals surface area contributed by atoms with Crippen molar-refractivity contribution in [3.05, 3.63) is 29.6 Å². The van der Waals surface area contributed by atoms with Gasteiger partial charge >= 0.3 is 0 Å². The maximum absolute atomic E-state index is 13.7. The number of hydrogen-bond donors (Lipinski definition) is 1. The van der Waals surface area contributed by atoms with Crippen molar-refractivity contribution in [2.45, 2.75) is 26.3 Å². The highest BCUT2D eigenvalue weighted by atomic mass is 19.1. The Morgan fingerprint density at radius 2 is 2.00 bits per heavy atom. The third-order valence-electron chi connectivity index (χ3n) is 3.56. The molecule has 0 fully saturated rings. The highest BCUT2D eigenvalue weighted by molar-refractivity contribution is 5.31. The van der Waals surface area contributed by atoms with Crippen LogP contribution in [0.25, 0.3) is 0 Å². The number of rotatable bonds is 8. The second-order valence-corrected chi connectivity index (χ2v) is 4.55. The van der Waals surface area contributed by atoms with Gasteiger partial charge in [-0.25, -0.2) is 4.39 Å². The second kappa shape index (κ2) is 8.12. The quantitative estimate of drug-likeness (QED) is 0.784. The molecule has 0 aromatic heterocycles. The summed E-state index contributed by atoms with van der Waals surface area (Å²) in [6, 6.07) is 5.33. The van der Waals surface area contributed by atoms with Crippen molar-refractivity contribution in [2.24, 2.45) is 0 Å². The Balaban J connectivity index is 2.71. The van der Waals surface area contributed by atoms with Crippen molar-refractivity contribution in [3.8, 4) is 5.75 Å². The van der Waals surface area contributed by atoms with E-state index in [9.17, 15) is 4.39 Å². The molecule has 0 aliphatic rings. The van der Waals surface area contributed by atoms with Gasteiger partial charge in [0.25, 0.3) is 0 Å². The molecule has 0 aliphatic carbocycles. The summed E-state index contributed by atoms with van der Waals surface area (Å²) < 4.78 is 18.7. The molecule has 3 nitrogen and oxygen atoms in total. The van der Waals surface area contributed by atoms with Crippen LogP contribution in [0, 0.1) is 5.82 Å². The number of nitrogens with zero attached hydrogens (tertiary/aromatic N) is 1. The first-order chi connectivity index (χ1) is 9.15. The summed E-state index contributed by atoms with van der Waals surface area (Å²) >= 11 is 0. The maximum Gasteiger partial charge on any atom is 0.165 e. The average molecular weight is 268 g/mol. The molecule has 0 saturated carbocycles. The molecule has 1 aromatic rings. The standard InChI is InChI=1S/C15H25FN2O/c1-5-18(6-2)10-9-14(17-3)12-7-8-15(19-4)13(16)11-12/h7-8,11,14,17H,5-6,9-10H2,1-4H3. The average Bonchev–Trinajstić information content (AvgIpc) is 2.44. The molecule has 1 N–H and O–H groups in total. The number of ether oxygens (including phenoxy) is 1. The fraction of sp³-hybridized carbons (Fsp3) is 0.600. The molecule has 0 heterocycles. The predicted octanol–water partition coefficient (Wildman–Crippen LogP) is 2.83. The van der Waals surface area contributed by atoms with E-state index in [1.807, 2.05) is 13.1 Å². The van der Waals surface area contributed by atoms with Crippen molar-refractivity contribution in [1.82, 2.24) is 10.2 Å². The van der Waals surface area contributed by atoms with Gasteiger partial charge in [0.2, 0.25) is 0 Å². The molecule has 0 aliphatic heterocycles. The van der Waals surface area contributed by atoms with E-state index in [1.54, 1.807) is 12.1 Å². The SMILES string of the molecule is CCN(CC)CCC(NC)c1ccc(OC)c(F)c1. The normalized spacial score (nSPS) is 12.7. The third kappa shape index (κ3) is 4.48. The minimum absolute atomic E-state index is 0.168. The molecule has 1 unspecified atom stereocenters. The summed E-state index contributed by atoms with van der Waals surface area (Å²) in [5.41, 5.74) is 0.966. The van der Waals surface area contributed by atoms with Gasteiger partial charge in [-0.15, -0.1) is 0 Å². The second-order valence-electron chi connectivity index (χ2n) is 4.55. The third-order valence-corrected chi connectivity index (χ3v) is 3.56. The summed E-state index contributed by atoms with van der Waals surface area (Å²) in [6.07, 6.45) is 0.962. The Labute approximate surface area is 115 Å². The first-order valence-electron chi connectivity index (χ1n) is 6.89. The lowest BCUT2D eigenvalue weighted by Gasteiger charge is -2.23. The van der Waals surface area contributed by atoms with E-state index in [1.165, 1.54) is 7.11 Å². The van der Waals surface area contributed by atoms with Gasteiger partial charge in [0, 0.05) is 6.04 Å². The van der Waals surface area contributed by atoms with Gasteiger partial charge in [0.1, 0.15) is 0 Å². The summed E-state index contributed by atoms with van der Waals surface area (Å²) in [5.74, 6) is -0.00886. The maximum atomic E-state index is 13.7. The molecule has 0 saturated heterocycles. The van der Waals surface area contributed by atoms with Crippen LogP contribution < -0.4 is 10.1 Å². The van der Waals surface area contributed by atoms with Gasteiger partial charge in [0.15, 0.2) is 11.6 Å². The van der Waals surface area contributed by atoms with Crippen molar-refractivity contribution >= 4 is 0 Å². The van der Waals surface area contributed by atoms with Crippen LogP contribution in [0.4, 0.5) is 4.39 Å². The molecular weight excluding hydrogens is 243 g/mol. The molecule has 108 valence electrons. The molecule has 0 amide bonds. The lowest BCUT2D eigenvalue weighted by Crippen LogP contribution is -2.28. The van der Waals surface area contributed by atoms with Gasteiger partial charge < -0.3 is 15.0 Å². The summed E-state index contributed by atoms with van der Waals surface area (Å²) in [4.78, 5) is 2.37. The molecule has 0 bridgehead atoms. The molecule has 1 rings (SSSR count). The zero-order valence-corrected chi connectivity index (χ0v) is 12.4. The molecular formula is C15H25FN2O. The number of nitrogens with one attached hydrogen (secondary N) is 1. The zero-order chi connectivity index (χ0) is 14.3. The van der Waals surface area contributed by atoms with E-state index >= 15 is 0 Å². The largest absolute Gasteiger partial charge is 0.494 e. The predicted molar refractivity (Wildman–Crippen MR) is 77.2 cm³/mol. The fourth-order valence-corrected chi connectivity index (χ4v) is 2.23. The Morgan fingerprint density at radius 1 is 1.32 bits per heavy atom. The number of hydrogen-bond acceptors (Lipinski definition) is 3. The van der Waals surface area contributed by atoms with Crippen molar-refractivity contribution in [2.75, 3.05) is 33.8 Å². The van der Waals surface area contributed by atoms with Gasteiger partial charge in [0.05, 0.1) is 7.11 Å². The van der Waals surface area contributed by atoms with E-state index in [0.29, 0.717) is 5.75 Å². The van der Waals surface area contributed by atoms with E-state index < -0.39 is 0 Å². The van der Waals surface area contributed by atoms with Crippen molar-refractivity contribution in [1.29, 1.82) is 0 Å². The summed E-state index contributed by atoms with van der Waals surface area (Å²) in [7, 11) is 3.39. The molecule has 0 spiro atoms. The Kier molecular flexibility index (Phi) is 6.81. The van der Waals surface area contributed by atoms with Crippen molar-refractivity contribution < 1.29 is 9.13 Å². The van der Waals surface area contributed by atoms with Crippen LogP contribution in [-0.2, 0) is 0 Å². The fourth-order valence-electron chi connectivity index (χ4n) is 2.23. The smallest absolute Gasteiger partial charge is 0.165 e. The van der Waals surface area contributed by atoms with Crippen LogP contribution in [0.15, 0.2) is 18.2 Å². The number of benzene rings is 1. The Hall–Kier alpha value is -1.13. The first-order valence-corrected chi connectivity index (χ1v) is 6.89. The van der Waals surface area contributed by atoms with Crippen LogP contribution in [0.5, 0.6) is 5.75 Å². The zero-order valence-electron chi connectivity index (χ0n) is 12.4. The van der Waals surface area contributed by atoms with Gasteiger partial charge in [-0.1, -0.05) is 19.9 Å². The van der Waals surface area contributed by atoms with E-state index in [2.05, 4.69) is 24.1 Å². The summed E-state index contributed by atoms with van der Waals surface area (Å²) in [5, 5.41) is 3.25. The summed E-state index contributed by atoms with van der Waals surface area (Å²) in [6.45, 7) is 7.41. The number of methoxy groups -OCH3 is 1. The van der Waals surface area contributed by atoms with Crippen molar-refractivity contribution in [3.63, 3.8) is 0 Å². The lowest BCUT2D eigenvalue weighted by atomic mass is 10.0. The van der Waals surface area contributed by atoms with Gasteiger partial charge in [-0.05, 0) is 50.8 Å². The monoisotopic (exact) mass is 268 g/mol. The van der Waals surface area contributed by atoms with Crippen LogP contribution in [0.2, 0.25) is 0 Å². The molecule has 19 heavy (non-hydrogen) atoms. The van der Waals surface area contributed by atoms with Crippen LogP contribution in [0.3, 0.4) is 0 Å². The van der Waals surface area contributed by atoms with Crippen LogP contribution in [0.1, 0.15) is 31.9 Å². The molecule has 4 heteroatoms. The van der Waals surface area contributed by atoms with E-state index in [0.717, 1.165) is 31.6 Å². The Morgan fingerprint density at radius 3 is 2.47 bits per heavy atom. The van der Waals surface area contributed by atoms with Crippen LogP contribution in [-0.4, -0.2) is 38.7 Å². The number of halogens is 1. The van der Waals surface area contributed by atoms with E-state index in [-0.39, 0.29) is 11.9 Å². The molecule has 1 atom stereocenters. The van der Waals surface area contributed by atoms with Gasteiger partial charge in [-0.2, -0.15) is 0 Å². The highest BCUT2D eigenvalue weighted by Gasteiger charge is 2.13. The molecule has 1 aromatic carbocycles. The van der Waals surface area contributed by atoms with Crippen LogP contribution >= 0.6 is 0 Å². The minimum Gasteiger partial charge on any atom is -0.494 e. The van der Waals surface area contributed by atoms with Gasteiger partial charge in [-0.3, -0.25) is 0 Å². The minimum atomic E-state index is -0.303. The Bertz CT molecular complexity index is 380. The topological polar surface area (TPSA) is 24.5 Å². The van der Waals surface area contributed by atoms with E-state index in [4.69, 9.17) is 4.74 Å². The molecule has 0 radical (unpaired) electrons. The first kappa shape index (κ1) is 15.9.